The third kappa shape index (κ3) is 4.41. The number of nitrogens with zero attached hydrogens (tertiary/aromatic N) is 2. The Morgan fingerprint density at radius 2 is 1.97 bits per heavy atom. The molecule has 0 bridgehead atoms. The van der Waals surface area contributed by atoms with Crippen LogP contribution in [0.4, 0.5) is 0 Å². The Kier molecular flexibility index (Phi) is 6.64. The van der Waals surface area contributed by atoms with E-state index in [2.05, 4.69) is 10.5 Å². The van der Waals surface area contributed by atoms with E-state index in [0.717, 1.165) is 4.90 Å². The lowest BCUT2D eigenvalue weighted by Gasteiger charge is -2.49. The third-order valence-electron chi connectivity index (χ3n) is 4.76. The van der Waals surface area contributed by atoms with Crippen LogP contribution in [0.15, 0.2) is 46.8 Å². The van der Waals surface area contributed by atoms with Crippen LogP contribution in [0.25, 0.3) is 0 Å². The van der Waals surface area contributed by atoms with Gasteiger partial charge in [0, 0.05) is 16.9 Å². The average molecular weight is 447 g/mol. The Morgan fingerprint density at radius 1 is 1.29 bits per heavy atom. The summed E-state index contributed by atoms with van der Waals surface area (Å²) in [4.78, 5) is 49.8. The van der Waals surface area contributed by atoms with Gasteiger partial charge in [0.2, 0.25) is 0 Å². The van der Waals surface area contributed by atoms with Crippen LogP contribution >= 0.6 is 11.8 Å². The van der Waals surface area contributed by atoms with E-state index < -0.39 is 35.2 Å². The number of ether oxygens (including phenoxy) is 1. The van der Waals surface area contributed by atoms with Crippen molar-refractivity contribution < 1.29 is 34.2 Å². The van der Waals surface area contributed by atoms with Crippen LogP contribution in [0.1, 0.15) is 19.4 Å². The number of aliphatic carboxylic acids is 1. The second-order valence-corrected chi connectivity index (χ2v) is 8.30. The smallest absolute Gasteiger partial charge is 0.352 e. The van der Waals surface area contributed by atoms with Crippen LogP contribution in [0.3, 0.4) is 0 Å². The van der Waals surface area contributed by atoms with Gasteiger partial charge in [0.05, 0.1) is 5.92 Å². The average Bonchev–Trinajstić information content (AvgIpc) is 2.76. The van der Waals surface area contributed by atoms with Crippen LogP contribution in [0.2, 0.25) is 0 Å². The number of benzene rings is 1. The SMILES string of the molecule is CC(C)C(=O)OCC1=C(C(=O)O)N2C(=O)[C@@H](NC(=O)C(=NO)c3ccccc3)[C@@H]2SC1. The van der Waals surface area contributed by atoms with Crippen LogP contribution in [-0.4, -0.2) is 68.5 Å². The molecule has 0 spiro atoms. The van der Waals surface area contributed by atoms with E-state index in [1.54, 1.807) is 44.2 Å². The fourth-order valence-corrected chi connectivity index (χ4v) is 4.49. The highest BCUT2D eigenvalue weighted by Crippen LogP contribution is 2.40. The number of hydrogen-bond acceptors (Lipinski definition) is 8. The zero-order valence-corrected chi connectivity index (χ0v) is 17.6. The minimum atomic E-state index is -1.32. The molecule has 164 valence electrons. The fourth-order valence-electron chi connectivity index (χ4n) is 3.16. The zero-order chi connectivity index (χ0) is 22.7. The van der Waals surface area contributed by atoms with Gasteiger partial charge >= 0.3 is 11.9 Å². The molecule has 0 aliphatic carbocycles. The number of β-lactam (4-membered cyclic amide) rings is 1. The molecule has 0 unspecified atom stereocenters. The van der Waals surface area contributed by atoms with E-state index in [1.807, 2.05) is 0 Å². The number of oxime groups is 1. The number of carbonyl (C=O) groups is 4. The number of hydrogen-bond donors (Lipinski definition) is 3. The van der Waals surface area contributed by atoms with Gasteiger partial charge in [-0.1, -0.05) is 49.3 Å². The molecule has 2 atom stereocenters. The van der Waals surface area contributed by atoms with Crippen molar-refractivity contribution >= 4 is 41.2 Å². The standard InChI is InChI=1S/C20H21N3O7S/c1-10(2)20(28)30-8-12-9-31-18-14(17(25)23(18)15(12)19(26)27)21-16(24)13(22-29)11-6-4-3-5-7-11/h3-7,10,14,18,29H,8-9H2,1-2H3,(H,21,24)(H,26,27)/t14-,18+/m1/s1. The van der Waals surface area contributed by atoms with Gasteiger partial charge in [0.1, 0.15) is 23.7 Å². The highest BCUT2D eigenvalue weighted by atomic mass is 32.2. The van der Waals surface area contributed by atoms with Gasteiger partial charge in [-0.3, -0.25) is 19.3 Å². The number of fused-ring (bicyclic) bond motifs is 1. The van der Waals surface area contributed by atoms with Crippen molar-refractivity contribution in [2.45, 2.75) is 25.3 Å². The molecule has 0 radical (unpaired) electrons. The van der Waals surface area contributed by atoms with E-state index in [4.69, 9.17) is 4.74 Å². The number of carbonyl (C=O) groups excluding carboxylic acids is 3. The van der Waals surface area contributed by atoms with Crippen molar-refractivity contribution in [3.63, 3.8) is 0 Å². The molecule has 3 N–H and O–H groups in total. The summed E-state index contributed by atoms with van der Waals surface area (Å²) < 4.78 is 5.13. The molecule has 1 fully saturated rings. The Labute approximate surface area is 181 Å². The van der Waals surface area contributed by atoms with E-state index in [9.17, 15) is 29.5 Å². The second kappa shape index (κ2) is 9.21. The van der Waals surface area contributed by atoms with Gasteiger partial charge in [-0.2, -0.15) is 0 Å². The van der Waals surface area contributed by atoms with Crippen molar-refractivity contribution in [2.75, 3.05) is 12.4 Å². The molecule has 3 rings (SSSR count). The molecule has 10 nitrogen and oxygen atoms in total. The van der Waals surface area contributed by atoms with Crippen molar-refractivity contribution in [3.05, 3.63) is 47.2 Å². The first-order chi connectivity index (χ1) is 14.8. The maximum absolute atomic E-state index is 12.7. The lowest BCUT2D eigenvalue weighted by Crippen LogP contribution is -2.71. The molecule has 2 amide bonds. The molecular formula is C20H21N3O7S. The van der Waals surface area contributed by atoms with E-state index >= 15 is 0 Å². The monoisotopic (exact) mass is 447 g/mol. The highest BCUT2D eigenvalue weighted by Gasteiger charge is 2.54. The van der Waals surface area contributed by atoms with Gasteiger partial charge in [-0.05, 0) is 0 Å². The summed E-state index contributed by atoms with van der Waals surface area (Å²) in [5, 5.41) is 23.8. The molecule has 2 heterocycles. The minimum absolute atomic E-state index is 0.216. The second-order valence-electron chi connectivity index (χ2n) is 7.20. The number of rotatable bonds is 7. The molecule has 2 aliphatic rings. The fraction of sp³-hybridized carbons (Fsp3) is 0.350. The van der Waals surface area contributed by atoms with Gasteiger partial charge in [0.25, 0.3) is 11.8 Å². The Hall–Kier alpha value is -3.34. The van der Waals surface area contributed by atoms with Crippen LogP contribution in [-0.2, 0) is 23.9 Å². The van der Waals surface area contributed by atoms with Crippen LogP contribution < -0.4 is 5.32 Å². The molecule has 1 saturated heterocycles. The molecule has 31 heavy (non-hydrogen) atoms. The molecule has 11 heteroatoms. The van der Waals surface area contributed by atoms with E-state index in [0.29, 0.717) is 11.1 Å². The molecule has 1 aromatic carbocycles. The van der Waals surface area contributed by atoms with Crippen molar-refractivity contribution in [1.29, 1.82) is 0 Å². The Balaban J connectivity index is 1.74. The van der Waals surface area contributed by atoms with Crippen molar-refractivity contribution in [3.8, 4) is 0 Å². The maximum Gasteiger partial charge on any atom is 0.352 e. The topological polar surface area (TPSA) is 146 Å². The van der Waals surface area contributed by atoms with Gasteiger partial charge in [-0.15, -0.1) is 11.8 Å². The summed E-state index contributed by atoms with van der Waals surface area (Å²) in [5.74, 6) is -3.31. The molecular weight excluding hydrogens is 426 g/mol. The summed E-state index contributed by atoms with van der Waals surface area (Å²) in [7, 11) is 0. The Bertz CT molecular complexity index is 974. The van der Waals surface area contributed by atoms with E-state index in [1.165, 1.54) is 11.8 Å². The first kappa shape index (κ1) is 22.3. The summed E-state index contributed by atoms with van der Waals surface area (Å²) >= 11 is 1.25. The number of carboxylic acids is 1. The summed E-state index contributed by atoms with van der Waals surface area (Å²) in [6.07, 6.45) is 0. The van der Waals surface area contributed by atoms with Gasteiger partial charge < -0.3 is 20.4 Å². The summed E-state index contributed by atoms with van der Waals surface area (Å²) in [5.41, 5.74) is 0.170. The van der Waals surface area contributed by atoms with E-state index in [-0.39, 0.29) is 29.7 Å². The molecule has 1 aromatic rings. The molecule has 0 aromatic heterocycles. The third-order valence-corrected chi connectivity index (χ3v) is 6.10. The van der Waals surface area contributed by atoms with Crippen LogP contribution in [0.5, 0.6) is 0 Å². The summed E-state index contributed by atoms with van der Waals surface area (Å²) in [6.45, 7) is 3.09. The maximum atomic E-state index is 12.7. The first-order valence-corrected chi connectivity index (χ1v) is 10.5. The lowest BCUT2D eigenvalue weighted by molar-refractivity contribution is -0.150. The highest BCUT2D eigenvalue weighted by molar-refractivity contribution is 8.00. The summed E-state index contributed by atoms with van der Waals surface area (Å²) in [6, 6.07) is 7.24. The van der Waals surface area contributed by atoms with Crippen molar-refractivity contribution in [2.24, 2.45) is 11.1 Å². The predicted octanol–water partition coefficient (Wildman–Crippen LogP) is 0.803. The number of carboxylic acid groups (broad SMARTS) is 1. The lowest BCUT2D eigenvalue weighted by atomic mass is 10.0. The van der Waals surface area contributed by atoms with Crippen molar-refractivity contribution in [1.82, 2.24) is 10.2 Å². The molecule has 2 aliphatic heterocycles. The number of amides is 2. The number of esters is 1. The van der Waals surface area contributed by atoms with Crippen LogP contribution in [0, 0.1) is 5.92 Å². The number of thioether (sulfide) groups is 1. The quantitative estimate of drug-likeness (QED) is 0.183. The predicted molar refractivity (Wildman–Crippen MR) is 110 cm³/mol. The zero-order valence-electron chi connectivity index (χ0n) is 16.8. The van der Waals surface area contributed by atoms with Gasteiger partial charge in [0.15, 0.2) is 5.71 Å². The molecule has 0 saturated carbocycles. The normalized spacial score (nSPS) is 20.8. The first-order valence-electron chi connectivity index (χ1n) is 9.41. The minimum Gasteiger partial charge on any atom is -0.477 e. The number of nitrogens with one attached hydrogen (secondary N) is 1. The Morgan fingerprint density at radius 3 is 2.55 bits per heavy atom. The van der Waals surface area contributed by atoms with Gasteiger partial charge in [-0.25, -0.2) is 4.79 Å². The largest absolute Gasteiger partial charge is 0.477 e.